The average Bonchev–Trinajstić information content (AvgIpc) is 2.40. The highest BCUT2D eigenvalue weighted by Gasteiger charge is 2.17. The second-order valence-corrected chi connectivity index (χ2v) is 5.89. The van der Waals surface area contributed by atoms with Crippen molar-refractivity contribution in [3.8, 4) is 0 Å². The van der Waals surface area contributed by atoms with E-state index in [-0.39, 0.29) is 6.10 Å². The zero-order chi connectivity index (χ0) is 13.0. The fourth-order valence-electron chi connectivity index (χ4n) is 3.16. The number of aryl methyl sites for hydroxylation is 1. The van der Waals surface area contributed by atoms with Crippen molar-refractivity contribution in [1.29, 1.82) is 0 Å². The lowest BCUT2D eigenvalue weighted by molar-refractivity contribution is 0.150. The van der Waals surface area contributed by atoms with Crippen LogP contribution < -0.4 is 0 Å². The Morgan fingerprint density at radius 2 is 1.89 bits per heavy atom. The summed E-state index contributed by atoms with van der Waals surface area (Å²) in [6.07, 6.45) is 8.79. The molecule has 100 valence electrons. The van der Waals surface area contributed by atoms with Gasteiger partial charge in [-0.2, -0.15) is 0 Å². The zero-order valence-electron chi connectivity index (χ0n) is 11.8. The molecule has 1 aromatic carbocycles. The van der Waals surface area contributed by atoms with Crippen molar-refractivity contribution < 1.29 is 5.11 Å². The molecule has 1 N–H and O–H groups in total. The van der Waals surface area contributed by atoms with Crippen LogP contribution in [-0.2, 0) is 0 Å². The molecule has 0 amide bonds. The normalized spacial score (nSPS) is 18.8. The standard InChI is InChI=1S/C17H26O/c1-13-7-6-10-16(14(13)2)17(18)12-11-15-8-4-3-5-9-15/h6-7,10,15,17-18H,3-5,8-9,11-12H2,1-2H3. The summed E-state index contributed by atoms with van der Waals surface area (Å²) in [6.45, 7) is 4.24. The summed E-state index contributed by atoms with van der Waals surface area (Å²) in [5.74, 6) is 0.860. The smallest absolute Gasteiger partial charge is 0.0792 e. The van der Waals surface area contributed by atoms with E-state index in [1.54, 1.807) is 0 Å². The number of hydrogen-bond donors (Lipinski definition) is 1. The van der Waals surface area contributed by atoms with Crippen molar-refractivity contribution in [2.24, 2.45) is 5.92 Å². The molecule has 1 saturated carbocycles. The van der Waals surface area contributed by atoms with Crippen LogP contribution in [0, 0.1) is 19.8 Å². The first-order chi connectivity index (χ1) is 8.68. The van der Waals surface area contributed by atoms with Gasteiger partial charge < -0.3 is 5.11 Å². The molecule has 0 aromatic heterocycles. The van der Waals surface area contributed by atoms with Gasteiger partial charge in [0, 0.05) is 0 Å². The first kappa shape index (κ1) is 13.6. The Hall–Kier alpha value is -0.820. The van der Waals surface area contributed by atoms with Crippen molar-refractivity contribution in [2.75, 3.05) is 0 Å². The molecule has 0 aliphatic heterocycles. The van der Waals surface area contributed by atoms with E-state index in [1.807, 2.05) is 0 Å². The molecule has 1 atom stereocenters. The molecule has 0 bridgehead atoms. The van der Waals surface area contributed by atoms with E-state index in [1.165, 1.54) is 49.7 Å². The van der Waals surface area contributed by atoms with Crippen molar-refractivity contribution in [3.05, 3.63) is 34.9 Å². The van der Waals surface area contributed by atoms with Gasteiger partial charge >= 0.3 is 0 Å². The van der Waals surface area contributed by atoms with Crippen molar-refractivity contribution in [1.82, 2.24) is 0 Å². The maximum absolute atomic E-state index is 10.4. The molecule has 1 nitrogen and oxygen atoms in total. The second-order valence-electron chi connectivity index (χ2n) is 5.89. The lowest BCUT2D eigenvalue weighted by atomic mass is 9.84. The van der Waals surface area contributed by atoms with Crippen LogP contribution in [0.25, 0.3) is 0 Å². The van der Waals surface area contributed by atoms with Gasteiger partial charge in [0.05, 0.1) is 6.10 Å². The fourth-order valence-corrected chi connectivity index (χ4v) is 3.16. The van der Waals surface area contributed by atoms with E-state index in [0.29, 0.717) is 0 Å². The monoisotopic (exact) mass is 246 g/mol. The van der Waals surface area contributed by atoms with Crippen LogP contribution in [-0.4, -0.2) is 5.11 Å². The number of rotatable bonds is 4. The lowest BCUT2D eigenvalue weighted by Crippen LogP contribution is -2.09. The lowest BCUT2D eigenvalue weighted by Gasteiger charge is -2.23. The van der Waals surface area contributed by atoms with Gasteiger partial charge in [-0.1, -0.05) is 50.3 Å². The summed E-state index contributed by atoms with van der Waals surface area (Å²) in [4.78, 5) is 0. The summed E-state index contributed by atoms with van der Waals surface area (Å²) in [5.41, 5.74) is 3.67. The Bertz CT molecular complexity index is 377. The van der Waals surface area contributed by atoms with Gasteiger partial charge in [0.1, 0.15) is 0 Å². The average molecular weight is 246 g/mol. The molecular weight excluding hydrogens is 220 g/mol. The number of benzene rings is 1. The maximum atomic E-state index is 10.4. The summed E-state index contributed by atoms with van der Waals surface area (Å²) >= 11 is 0. The van der Waals surface area contributed by atoms with Crippen LogP contribution in [0.5, 0.6) is 0 Å². The van der Waals surface area contributed by atoms with Gasteiger partial charge in [-0.15, -0.1) is 0 Å². The van der Waals surface area contributed by atoms with Crippen LogP contribution >= 0.6 is 0 Å². The first-order valence-corrected chi connectivity index (χ1v) is 7.42. The minimum absolute atomic E-state index is 0.271. The SMILES string of the molecule is Cc1cccc(C(O)CCC2CCCCC2)c1C. The molecular formula is C17H26O. The van der Waals surface area contributed by atoms with Gasteiger partial charge in [0.2, 0.25) is 0 Å². The third-order valence-electron chi connectivity index (χ3n) is 4.58. The van der Waals surface area contributed by atoms with Crippen molar-refractivity contribution in [2.45, 2.75) is 64.9 Å². The highest BCUT2D eigenvalue weighted by Crippen LogP contribution is 2.31. The van der Waals surface area contributed by atoms with Crippen LogP contribution in [0.3, 0.4) is 0 Å². The molecule has 1 aromatic rings. The minimum atomic E-state index is -0.271. The van der Waals surface area contributed by atoms with E-state index < -0.39 is 0 Å². The Labute approximate surface area is 111 Å². The molecule has 1 unspecified atom stereocenters. The van der Waals surface area contributed by atoms with Crippen molar-refractivity contribution in [3.63, 3.8) is 0 Å². The summed E-state index contributed by atoms with van der Waals surface area (Å²) in [5, 5.41) is 10.4. The summed E-state index contributed by atoms with van der Waals surface area (Å²) in [7, 11) is 0. The Balaban J connectivity index is 1.90. The van der Waals surface area contributed by atoms with Crippen LogP contribution in [0.2, 0.25) is 0 Å². The Morgan fingerprint density at radius 3 is 2.61 bits per heavy atom. The molecule has 18 heavy (non-hydrogen) atoms. The predicted octanol–water partition coefficient (Wildman–Crippen LogP) is 4.70. The highest BCUT2D eigenvalue weighted by molar-refractivity contribution is 5.34. The molecule has 1 heteroatoms. The topological polar surface area (TPSA) is 20.2 Å². The van der Waals surface area contributed by atoms with E-state index in [9.17, 15) is 5.11 Å². The summed E-state index contributed by atoms with van der Waals surface area (Å²) in [6, 6.07) is 6.25. The number of hydrogen-bond acceptors (Lipinski definition) is 1. The van der Waals surface area contributed by atoms with Crippen LogP contribution in [0.15, 0.2) is 18.2 Å². The van der Waals surface area contributed by atoms with E-state index in [4.69, 9.17) is 0 Å². The van der Waals surface area contributed by atoms with Gasteiger partial charge in [-0.3, -0.25) is 0 Å². The van der Waals surface area contributed by atoms with E-state index >= 15 is 0 Å². The zero-order valence-corrected chi connectivity index (χ0v) is 11.8. The minimum Gasteiger partial charge on any atom is -0.388 e. The molecule has 1 aliphatic carbocycles. The molecule has 1 fully saturated rings. The predicted molar refractivity (Wildman–Crippen MR) is 76.7 cm³/mol. The quantitative estimate of drug-likeness (QED) is 0.816. The third kappa shape index (κ3) is 3.35. The largest absolute Gasteiger partial charge is 0.388 e. The molecule has 1 aliphatic rings. The van der Waals surface area contributed by atoms with Gasteiger partial charge in [0.15, 0.2) is 0 Å². The van der Waals surface area contributed by atoms with E-state index in [0.717, 1.165) is 17.9 Å². The highest BCUT2D eigenvalue weighted by atomic mass is 16.3. The third-order valence-corrected chi connectivity index (χ3v) is 4.58. The summed E-state index contributed by atoms with van der Waals surface area (Å²) < 4.78 is 0. The van der Waals surface area contributed by atoms with Gasteiger partial charge in [-0.05, 0) is 49.3 Å². The number of aliphatic hydroxyl groups is 1. The second kappa shape index (κ2) is 6.38. The van der Waals surface area contributed by atoms with Crippen LogP contribution in [0.4, 0.5) is 0 Å². The fraction of sp³-hybridized carbons (Fsp3) is 0.647. The van der Waals surface area contributed by atoms with E-state index in [2.05, 4.69) is 32.0 Å². The molecule has 0 heterocycles. The molecule has 0 radical (unpaired) electrons. The van der Waals surface area contributed by atoms with Gasteiger partial charge in [0.25, 0.3) is 0 Å². The first-order valence-electron chi connectivity index (χ1n) is 7.42. The molecule has 0 saturated heterocycles. The Kier molecular flexibility index (Phi) is 4.82. The van der Waals surface area contributed by atoms with Crippen LogP contribution in [0.1, 0.15) is 67.7 Å². The Morgan fingerprint density at radius 1 is 1.17 bits per heavy atom. The maximum Gasteiger partial charge on any atom is 0.0792 e. The van der Waals surface area contributed by atoms with Crippen molar-refractivity contribution >= 4 is 0 Å². The van der Waals surface area contributed by atoms with Gasteiger partial charge in [-0.25, -0.2) is 0 Å². The molecule has 0 spiro atoms. The number of aliphatic hydroxyl groups excluding tert-OH is 1. The molecule has 2 rings (SSSR count).